The quantitative estimate of drug-likeness (QED) is 0.830. The van der Waals surface area contributed by atoms with Crippen LogP contribution in [-0.4, -0.2) is 16.0 Å². The van der Waals surface area contributed by atoms with Gasteiger partial charge in [-0.2, -0.15) is 0 Å². The predicted molar refractivity (Wildman–Crippen MR) is 62.7 cm³/mol. The second-order valence-electron chi connectivity index (χ2n) is 4.82. The summed E-state index contributed by atoms with van der Waals surface area (Å²) < 4.78 is 0. The van der Waals surface area contributed by atoms with E-state index in [1.807, 2.05) is 0 Å². The van der Waals surface area contributed by atoms with Crippen LogP contribution in [-0.2, 0) is 0 Å². The number of nitrogens with one attached hydrogen (secondary N) is 2. The highest BCUT2D eigenvalue weighted by atomic mass is 35.5. The zero-order chi connectivity index (χ0) is 11.1. The molecule has 0 radical (unpaired) electrons. The Labute approximate surface area is 98.4 Å². The number of hydrogen-bond acceptors (Lipinski definition) is 3. The number of rotatable bonds is 2. The van der Waals surface area contributed by atoms with Crippen molar-refractivity contribution in [1.29, 1.82) is 0 Å². The molecule has 2 aliphatic carbocycles. The van der Waals surface area contributed by atoms with Crippen molar-refractivity contribution in [1.82, 2.24) is 9.97 Å². The summed E-state index contributed by atoms with van der Waals surface area (Å²) in [6, 6.07) is 0.450. The Hall–Kier alpha value is -1.03. The van der Waals surface area contributed by atoms with Crippen LogP contribution in [0, 0.1) is 11.8 Å². The van der Waals surface area contributed by atoms with Crippen LogP contribution in [0.5, 0.6) is 0 Å². The van der Waals surface area contributed by atoms with Crippen molar-refractivity contribution in [2.75, 3.05) is 5.32 Å². The average Bonchev–Trinajstić information content (AvgIpc) is 2.86. The number of hydrogen-bond donors (Lipinski definition) is 2. The Kier molecular flexibility index (Phi) is 2.39. The molecule has 2 N–H and O–H groups in total. The summed E-state index contributed by atoms with van der Waals surface area (Å²) in [6.07, 6.45) is 6.56. The van der Waals surface area contributed by atoms with Crippen LogP contribution in [0.1, 0.15) is 25.7 Å². The monoisotopic (exact) mass is 239 g/mol. The number of nitrogens with zero attached hydrogens (tertiary/aromatic N) is 1. The SMILES string of the molecule is O=c1[nH]cnc(NC2CC3CCC2C3)c1Cl. The molecule has 0 aromatic carbocycles. The van der Waals surface area contributed by atoms with Crippen LogP contribution in [0.15, 0.2) is 11.1 Å². The van der Waals surface area contributed by atoms with E-state index in [9.17, 15) is 4.79 Å². The topological polar surface area (TPSA) is 57.8 Å². The van der Waals surface area contributed by atoms with Crippen LogP contribution in [0.25, 0.3) is 0 Å². The van der Waals surface area contributed by atoms with Crippen molar-refractivity contribution in [3.05, 3.63) is 21.7 Å². The van der Waals surface area contributed by atoms with E-state index in [2.05, 4.69) is 15.3 Å². The zero-order valence-electron chi connectivity index (χ0n) is 8.87. The summed E-state index contributed by atoms with van der Waals surface area (Å²) in [7, 11) is 0. The lowest BCUT2D eigenvalue weighted by Gasteiger charge is -2.23. The van der Waals surface area contributed by atoms with E-state index in [1.54, 1.807) is 0 Å². The van der Waals surface area contributed by atoms with Crippen LogP contribution in [0.4, 0.5) is 5.82 Å². The number of halogens is 1. The third kappa shape index (κ3) is 1.61. The van der Waals surface area contributed by atoms with Gasteiger partial charge in [-0.1, -0.05) is 18.0 Å². The first-order valence-corrected chi connectivity index (χ1v) is 6.11. The van der Waals surface area contributed by atoms with Gasteiger partial charge in [-0.3, -0.25) is 4.79 Å². The molecule has 0 saturated heterocycles. The molecule has 3 atom stereocenters. The van der Waals surface area contributed by atoms with Gasteiger partial charge in [0.05, 0.1) is 6.33 Å². The number of aromatic amines is 1. The molecule has 1 aromatic heterocycles. The first-order chi connectivity index (χ1) is 7.74. The Morgan fingerprint density at radius 3 is 3.00 bits per heavy atom. The Bertz CT molecular complexity index is 459. The second kappa shape index (κ2) is 3.77. The van der Waals surface area contributed by atoms with Crippen LogP contribution < -0.4 is 10.9 Å². The normalized spacial score (nSPS) is 31.9. The standard InChI is InChI=1S/C11H14ClN3O/c12-9-10(13-5-14-11(9)16)15-8-4-6-1-2-7(8)3-6/h5-8H,1-4H2,(H2,13,14,15,16). The highest BCUT2D eigenvalue weighted by Crippen LogP contribution is 2.45. The lowest BCUT2D eigenvalue weighted by Crippen LogP contribution is -2.27. The minimum absolute atomic E-state index is 0.172. The van der Waals surface area contributed by atoms with E-state index in [4.69, 9.17) is 11.6 Å². The molecular weight excluding hydrogens is 226 g/mol. The molecule has 5 heteroatoms. The fraction of sp³-hybridized carbons (Fsp3) is 0.636. The summed E-state index contributed by atoms with van der Waals surface area (Å²) in [5.74, 6) is 2.13. The van der Waals surface area contributed by atoms with E-state index in [0.29, 0.717) is 11.9 Å². The summed E-state index contributed by atoms with van der Waals surface area (Å²) in [6.45, 7) is 0. The van der Waals surface area contributed by atoms with E-state index >= 15 is 0 Å². The summed E-state index contributed by atoms with van der Waals surface area (Å²) in [5, 5.41) is 3.49. The molecule has 16 heavy (non-hydrogen) atoms. The number of aromatic nitrogens is 2. The first kappa shape index (κ1) is 10.1. The van der Waals surface area contributed by atoms with E-state index < -0.39 is 0 Å². The summed E-state index contributed by atoms with van der Waals surface area (Å²) >= 11 is 5.91. The van der Waals surface area contributed by atoms with Crippen LogP contribution in [0.2, 0.25) is 5.02 Å². The fourth-order valence-corrected chi connectivity index (χ4v) is 3.24. The minimum atomic E-state index is -0.276. The molecule has 3 unspecified atom stereocenters. The number of fused-ring (bicyclic) bond motifs is 2. The van der Waals surface area contributed by atoms with Crippen LogP contribution >= 0.6 is 11.6 Å². The first-order valence-electron chi connectivity index (χ1n) is 5.74. The summed E-state index contributed by atoms with van der Waals surface area (Å²) in [5.41, 5.74) is -0.276. The van der Waals surface area contributed by atoms with E-state index in [1.165, 1.54) is 32.0 Å². The van der Waals surface area contributed by atoms with Gasteiger partial charge in [0.25, 0.3) is 5.56 Å². The molecule has 0 aliphatic heterocycles. The molecule has 1 heterocycles. The van der Waals surface area contributed by atoms with Gasteiger partial charge < -0.3 is 10.3 Å². The maximum atomic E-state index is 11.3. The summed E-state index contributed by atoms with van der Waals surface area (Å²) in [4.78, 5) is 17.9. The molecule has 2 bridgehead atoms. The van der Waals surface area contributed by atoms with Crippen molar-refractivity contribution in [3.63, 3.8) is 0 Å². The van der Waals surface area contributed by atoms with Gasteiger partial charge in [0.2, 0.25) is 0 Å². The van der Waals surface area contributed by atoms with E-state index in [-0.39, 0.29) is 10.6 Å². The third-order valence-electron chi connectivity index (χ3n) is 3.86. The van der Waals surface area contributed by atoms with Gasteiger partial charge in [-0.15, -0.1) is 0 Å². The molecule has 2 saturated carbocycles. The van der Waals surface area contributed by atoms with Gasteiger partial charge in [0.1, 0.15) is 5.02 Å². The lowest BCUT2D eigenvalue weighted by molar-refractivity contribution is 0.439. The molecular formula is C11H14ClN3O. The van der Waals surface area contributed by atoms with Crippen molar-refractivity contribution >= 4 is 17.4 Å². The zero-order valence-corrected chi connectivity index (χ0v) is 9.63. The highest BCUT2D eigenvalue weighted by Gasteiger charge is 2.39. The van der Waals surface area contributed by atoms with Crippen molar-refractivity contribution in [2.24, 2.45) is 11.8 Å². The van der Waals surface area contributed by atoms with Gasteiger partial charge in [0, 0.05) is 6.04 Å². The van der Waals surface area contributed by atoms with Crippen LogP contribution in [0.3, 0.4) is 0 Å². The number of anilines is 1. The highest BCUT2D eigenvalue weighted by molar-refractivity contribution is 6.32. The smallest absolute Gasteiger partial charge is 0.271 e. The molecule has 1 aromatic rings. The Morgan fingerprint density at radius 1 is 1.44 bits per heavy atom. The third-order valence-corrected chi connectivity index (χ3v) is 4.21. The maximum absolute atomic E-state index is 11.3. The maximum Gasteiger partial charge on any atom is 0.271 e. The molecule has 86 valence electrons. The Balaban J connectivity index is 1.80. The molecule has 0 amide bonds. The van der Waals surface area contributed by atoms with Gasteiger partial charge in [0.15, 0.2) is 5.82 Å². The largest absolute Gasteiger partial charge is 0.366 e. The molecule has 2 fully saturated rings. The minimum Gasteiger partial charge on any atom is -0.366 e. The Morgan fingerprint density at radius 2 is 2.31 bits per heavy atom. The molecule has 4 nitrogen and oxygen atoms in total. The van der Waals surface area contributed by atoms with Gasteiger partial charge in [-0.25, -0.2) is 4.98 Å². The predicted octanol–water partition coefficient (Wildman–Crippen LogP) is 2.02. The molecule has 3 rings (SSSR count). The van der Waals surface area contributed by atoms with Crippen molar-refractivity contribution < 1.29 is 0 Å². The van der Waals surface area contributed by atoms with Gasteiger partial charge in [-0.05, 0) is 31.1 Å². The van der Waals surface area contributed by atoms with E-state index in [0.717, 1.165) is 11.8 Å². The lowest BCUT2D eigenvalue weighted by atomic mass is 9.95. The van der Waals surface area contributed by atoms with Crippen molar-refractivity contribution in [3.8, 4) is 0 Å². The molecule has 2 aliphatic rings. The number of H-pyrrole nitrogens is 1. The fourth-order valence-electron chi connectivity index (χ4n) is 3.08. The molecule has 0 spiro atoms. The van der Waals surface area contributed by atoms with Gasteiger partial charge >= 0.3 is 0 Å². The second-order valence-corrected chi connectivity index (χ2v) is 5.20. The van der Waals surface area contributed by atoms with Crippen molar-refractivity contribution in [2.45, 2.75) is 31.7 Å². The average molecular weight is 240 g/mol.